The standard InChI is InChI=1S/C16H27N3OS/c1-4-13-10-19(14(5-2)9-17-13)12-16(20)18(3)11-15-7-6-8-21-15/h6-8,13-14,17H,4-5,9-12H2,1-3H3. The highest BCUT2D eigenvalue weighted by Crippen LogP contribution is 2.14. The first-order valence-electron chi connectivity index (χ1n) is 7.87. The second kappa shape index (κ2) is 7.92. The lowest BCUT2D eigenvalue weighted by atomic mass is 10.1. The van der Waals surface area contributed by atoms with Gasteiger partial charge in [0.25, 0.3) is 0 Å². The zero-order valence-corrected chi connectivity index (χ0v) is 14.2. The van der Waals surface area contributed by atoms with E-state index in [0.29, 0.717) is 18.6 Å². The molecule has 0 saturated carbocycles. The van der Waals surface area contributed by atoms with Crippen LogP contribution in [-0.4, -0.2) is 54.5 Å². The number of carbonyl (C=O) groups excluding carboxylic acids is 1. The van der Waals surface area contributed by atoms with Gasteiger partial charge in [-0.3, -0.25) is 9.69 Å². The number of thiophene rings is 1. The summed E-state index contributed by atoms with van der Waals surface area (Å²) < 4.78 is 0. The van der Waals surface area contributed by atoms with Gasteiger partial charge >= 0.3 is 0 Å². The van der Waals surface area contributed by atoms with E-state index in [1.165, 1.54) is 4.88 Å². The number of amides is 1. The average Bonchev–Trinajstić information content (AvgIpc) is 2.99. The van der Waals surface area contributed by atoms with Crippen LogP contribution in [0.2, 0.25) is 0 Å². The van der Waals surface area contributed by atoms with Gasteiger partial charge in [-0.15, -0.1) is 11.3 Å². The summed E-state index contributed by atoms with van der Waals surface area (Å²) in [4.78, 5) is 17.9. The van der Waals surface area contributed by atoms with Gasteiger partial charge in [-0.2, -0.15) is 0 Å². The molecule has 4 nitrogen and oxygen atoms in total. The van der Waals surface area contributed by atoms with Crippen LogP contribution < -0.4 is 5.32 Å². The van der Waals surface area contributed by atoms with Gasteiger partial charge in [0.15, 0.2) is 0 Å². The Hall–Kier alpha value is -0.910. The molecule has 1 aromatic rings. The number of rotatable bonds is 6. The minimum Gasteiger partial charge on any atom is -0.340 e. The molecule has 1 saturated heterocycles. The van der Waals surface area contributed by atoms with E-state index in [0.717, 1.165) is 32.5 Å². The molecular formula is C16H27N3OS. The van der Waals surface area contributed by atoms with Crippen molar-refractivity contribution in [1.82, 2.24) is 15.1 Å². The molecule has 21 heavy (non-hydrogen) atoms. The molecule has 1 N–H and O–H groups in total. The molecule has 1 fully saturated rings. The third kappa shape index (κ3) is 4.53. The normalized spacial score (nSPS) is 23.2. The van der Waals surface area contributed by atoms with E-state index >= 15 is 0 Å². The maximum Gasteiger partial charge on any atom is 0.236 e. The van der Waals surface area contributed by atoms with Crippen molar-refractivity contribution in [2.75, 3.05) is 26.7 Å². The van der Waals surface area contributed by atoms with Gasteiger partial charge in [-0.1, -0.05) is 19.9 Å². The molecule has 0 spiro atoms. The van der Waals surface area contributed by atoms with Gasteiger partial charge in [0.2, 0.25) is 5.91 Å². The molecular weight excluding hydrogens is 282 g/mol. The van der Waals surface area contributed by atoms with E-state index in [2.05, 4.69) is 35.5 Å². The molecule has 2 heterocycles. The van der Waals surface area contributed by atoms with Crippen molar-refractivity contribution in [2.45, 2.75) is 45.3 Å². The third-order valence-electron chi connectivity index (χ3n) is 4.31. The van der Waals surface area contributed by atoms with Gasteiger partial charge < -0.3 is 10.2 Å². The van der Waals surface area contributed by atoms with Gasteiger partial charge in [-0.05, 0) is 24.3 Å². The van der Waals surface area contributed by atoms with Crippen molar-refractivity contribution in [3.8, 4) is 0 Å². The van der Waals surface area contributed by atoms with E-state index in [-0.39, 0.29) is 5.91 Å². The largest absolute Gasteiger partial charge is 0.340 e. The van der Waals surface area contributed by atoms with Crippen LogP contribution >= 0.6 is 11.3 Å². The summed E-state index contributed by atoms with van der Waals surface area (Å²) in [6.45, 7) is 7.64. The fraction of sp³-hybridized carbons (Fsp3) is 0.688. The molecule has 1 aliphatic rings. The average molecular weight is 309 g/mol. The Balaban J connectivity index is 1.89. The molecule has 0 radical (unpaired) electrons. The fourth-order valence-electron chi connectivity index (χ4n) is 2.82. The predicted octanol–water partition coefficient (Wildman–Crippen LogP) is 2.17. The van der Waals surface area contributed by atoms with Crippen LogP contribution in [-0.2, 0) is 11.3 Å². The van der Waals surface area contributed by atoms with Gasteiger partial charge in [0.05, 0.1) is 13.1 Å². The fourth-order valence-corrected chi connectivity index (χ4v) is 3.57. The Morgan fingerprint density at radius 3 is 2.90 bits per heavy atom. The van der Waals surface area contributed by atoms with Crippen molar-refractivity contribution in [3.05, 3.63) is 22.4 Å². The Labute approximate surface area is 132 Å². The number of hydrogen-bond donors (Lipinski definition) is 1. The SMILES string of the molecule is CCC1CN(CC(=O)N(C)Cc2cccs2)C(CC)CN1. The summed E-state index contributed by atoms with van der Waals surface area (Å²) in [5.41, 5.74) is 0. The summed E-state index contributed by atoms with van der Waals surface area (Å²) in [6, 6.07) is 5.12. The molecule has 5 heteroatoms. The molecule has 2 rings (SSSR count). The van der Waals surface area contributed by atoms with Crippen LogP contribution in [0.15, 0.2) is 17.5 Å². The molecule has 0 bridgehead atoms. The van der Waals surface area contributed by atoms with E-state index in [1.54, 1.807) is 11.3 Å². The van der Waals surface area contributed by atoms with Gasteiger partial charge in [0.1, 0.15) is 0 Å². The van der Waals surface area contributed by atoms with E-state index in [1.807, 2.05) is 18.0 Å². The summed E-state index contributed by atoms with van der Waals surface area (Å²) in [6.07, 6.45) is 2.21. The number of nitrogens with zero attached hydrogens (tertiary/aromatic N) is 2. The van der Waals surface area contributed by atoms with E-state index in [4.69, 9.17) is 0 Å². The number of hydrogen-bond acceptors (Lipinski definition) is 4. The maximum atomic E-state index is 12.5. The minimum absolute atomic E-state index is 0.221. The molecule has 0 aromatic carbocycles. The lowest BCUT2D eigenvalue weighted by Gasteiger charge is -2.40. The summed E-state index contributed by atoms with van der Waals surface area (Å²) in [5.74, 6) is 0.221. The number of piperazine rings is 1. The zero-order chi connectivity index (χ0) is 15.2. The maximum absolute atomic E-state index is 12.5. The van der Waals surface area contributed by atoms with Crippen LogP contribution in [0, 0.1) is 0 Å². The van der Waals surface area contributed by atoms with Crippen LogP contribution in [0.25, 0.3) is 0 Å². The number of likely N-dealkylation sites (N-methyl/N-ethyl adjacent to an activating group) is 1. The van der Waals surface area contributed by atoms with Crippen LogP contribution in [0.1, 0.15) is 31.6 Å². The van der Waals surface area contributed by atoms with Crippen molar-refractivity contribution < 1.29 is 4.79 Å². The van der Waals surface area contributed by atoms with Crippen LogP contribution in [0.3, 0.4) is 0 Å². The first-order chi connectivity index (χ1) is 10.1. The zero-order valence-electron chi connectivity index (χ0n) is 13.3. The smallest absolute Gasteiger partial charge is 0.236 e. The first-order valence-corrected chi connectivity index (χ1v) is 8.75. The molecule has 2 unspecified atom stereocenters. The molecule has 1 amide bonds. The summed E-state index contributed by atoms with van der Waals surface area (Å²) in [5, 5.41) is 5.63. The quantitative estimate of drug-likeness (QED) is 0.875. The highest BCUT2D eigenvalue weighted by atomic mass is 32.1. The molecule has 1 aliphatic heterocycles. The minimum atomic E-state index is 0.221. The lowest BCUT2D eigenvalue weighted by molar-refractivity contribution is -0.132. The summed E-state index contributed by atoms with van der Waals surface area (Å²) in [7, 11) is 1.91. The number of nitrogens with one attached hydrogen (secondary N) is 1. The Bertz CT molecular complexity index is 435. The van der Waals surface area contributed by atoms with Crippen LogP contribution in [0.4, 0.5) is 0 Å². The second-order valence-corrected chi connectivity index (χ2v) is 6.87. The first kappa shape index (κ1) is 16.5. The highest BCUT2D eigenvalue weighted by Gasteiger charge is 2.28. The van der Waals surface area contributed by atoms with Crippen molar-refractivity contribution in [2.24, 2.45) is 0 Å². The van der Waals surface area contributed by atoms with Gasteiger partial charge in [-0.25, -0.2) is 0 Å². The predicted molar refractivity (Wildman–Crippen MR) is 88.5 cm³/mol. The Morgan fingerprint density at radius 2 is 2.29 bits per heavy atom. The van der Waals surface area contributed by atoms with Gasteiger partial charge in [0, 0.05) is 37.1 Å². The van der Waals surface area contributed by atoms with Crippen molar-refractivity contribution in [3.63, 3.8) is 0 Å². The monoisotopic (exact) mass is 309 g/mol. The Kier molecular flexibility index (Phi) is 6.21. The van der Waals surface area contributed by atoms with Crippen molar-refractivity contribution in [1.29, 1.82) is 0 Å². The summed E-state index contributed by atoms with van der Waals surface area (Å²) >= 11 is 1.71. The molecule has 0 aliphatic carbocycles. The van der Waals surface area contributed by atoms with E-state index < -0.39 is 0 Å². The highest BCUT2D eigenvalue weighted by molar-refractivity contribution is 7.09. The number of carbonyl (C=O) groups is 1. The van der Waals surface area contributed by atoms with E-state index in [9.17, 15) is 4.79 Å². The molecule has 2 atom stereocenters. The third-order valence-corrected chi connectivity index (χ3v) is 5.18. The van der Waals surface area contributed by atoms with Crippen LogP contribution in [0.5, 0.6) is 0 Å². The van der Waals surface area contributed by atoms with Crippen molar-refractivity contribution >= 4 is 17.2 Å². The topological polar surface area (TPSA) is 35.6 Å². The molecule has 1 aromatic heterocycles. The Morgan fingerprint density at radius 1 is 1.48 bits per heavy atom. The molecule has 118 valence electrons. The second-order valence-electron chi connectivity index (χ2n) is 5.83. The lowest BCUT2D eigenvalue weighted by Crippen LogP contribution is -2.58.